The van der Waals surface area contributed by atoms with Crippen molar-refractivity contribution >= 4 is 29.9 Å². The van der Waals surface area contributed by atoms with Gasteiger partial charge in [0.25, 0.3) is 0 Å². The van der Waals surface area contributed by atoms with Gasteiger partial charge in [-0.1, -0.05) is 25.1 Å². The third kappa shape index (κ3) is 7.07. The Hall–Kier alpha value is -0.850. The molecule has 0 amide bonds. The Balaban J connectivity index is 0.00000361. The van der Waals surface area contributed by atoms with E-state index in [1.54, 1.807) is 12.1 Å². The molecule has 0 saturated carbocycles. The van der Waals surface area contributed by atoms with Crippen LogP contribution in [0.3, 0.4) is 0 Å². The molecule has 0 aromatic heterocycles. The van der Waals surface area contributed by atoms with Crippen LogP contribution in [-0.4, -0.2) is 25.1 Å². The van der Waals surface area contributed by atoms with E-state index in [2.05, 4.69) is 29.5 Å². The summed E-state index contributed by atoms with van der Waals surface area (Å²) in [4.78, 5) is 4.47. The van der Waals surface area contributed by atoms with E-state index >= 15 is 0 Å². The van der Waals surface area contributed by atoms with Crippen LogP contribution < -0.4 is 10.6 Å². The third-order valence-corrected chi connectivity index (χ3v) is 2.95. The summed E-state index contributed by atoms with van der Waals surface area (Å²) >= 11 is 0. The molecule has 3 nitrogen and oxygen atoms in total. The topological polar surface area (TPSA) is 36.4 Å². The van der Waals surface area contributed by atoms with Gasteiger partial charge < -0.3 is 10.6 Å². The zero-order chi connectivity index (χ0) is 14.1. The number of benzene rings is 1. The zero-order valence-corrected chi connectivity index (χ0v) is 14.8. The van der Waals surface area contributed by atoms with E-state index in [0.717, 1.165) is 18.9 Å². The lowest BCUT2D eigenvalue weighted by Gasteiger charge is -2.16. The Kier molecular flexibility index (Phi) is 10.4. The van der Waals surface area contributed by atoms with E-state index in [9.17, 15) is 4.39 Å². The van der Waals surface area contributed by atoms with Gasteiger partial charge in [-0.3, -0.25) is 4.99 Å². The molecule has 0 aliphatic rings. The van der Waals surface area contributed by atoms with Crippen molar-refractivity contribution in [2.75, 3.05) is 13.1 Å². The quantitative estimate of drug-likeness (QED) is 0.442. The molecule has 0 bridgehead atoms. The first-order valence-electron chi connectivity index (χ1n) is 6.95. The first-order chi connectivity index (χ1) is 9.17. The molecule has 0 heterocycles. The molecule has 5 heteroatoms. The number of hydrogen-bond acceptors (Lipinski definition) is 1. The molecular formula is C15H25FIN3. The van der Waals surface area contributed by atoms with Gasteiger partial charge in [-0.15, -0.1) is 24.0 Å². The number of halogens is 2. The molecule has 1 atom stereocenters. The molecule has 114 valence electrons. The Bertz CT molecular complexity index is 410. The van der Waals surface area contributed by atoms with E-state index in [1.165, 1.54) is 6.07 Å². The summed E-state index contributed by atoms with van der Waals surface area (Å²) in [5, 5.41) is 6.51. The predicted octanol–water partition coefficient (Wildman–Crippen LogP) is 3.34. The number of rotatable bonds is 6. The minimum absolute atomic E-state index is 0. The van der Waals surface area contributed by atoms with Crippen LogP contribution in [0.15, 0.2) is 29.3 Å². The summed E-state index contributed by atoms with van der Waals surface area (Å²) in [7, 11) is 0. The van der Waals surface area contributed by atoms with Gasteiger partial charge in [-0.05, 0) is 38.3 Å². The number of hydrogen-bond donors (Lipinski definition) is 2. The van der Waals surface area contributed by atoms with Gasteiger partial charge in [0.1, 0.15) is 5.82 Å². The molecule has 0 aliphatic carbocycles. The largest absolute Gasteiger partial charge is 0.357 e. The highest BCUT2D eigenvalue weighted by molar-refractivity contribution is 14.0. The smallest absolute Gasteiger partial charge is 0.191 e. The molecule has 0 fully saturated rings. The van der Waals surface area contributed by atoms with Crippen LogP contribution in [0.2, 0.25) is 0 Å². The van der Waals surface area contributed by atoms with Crippen LogP contribution >= 0.6 is 24.0 Å². The lowest BCUT2D eigenvalue weighted by molar-refractivity contribution is 0.607. The lowest BCUT2D eigenvalue weighted by Crippen LogP contribution is -2.42. The molecule has 2 N–H and O–H groups in total. The van der Waals surface area contributed by atoms with Crippen molar-refractivity contribution in [3.05, 3.63) is 35.6 Å². The fraction of sp³-hybridized carbons (Fsp3) is 0.533. The van der Waals surface area contributed by atoms with Gasteiger partial charge in [0.2, 0.25) is 0 Å². The van der Waals surface area contributed by atoms with Crippen molar-refractivity contribution in [2.24, 2.45) is 4.99 Å². The maximum absolute atomic E-state index is 13.4. The fourth-order valence-corrected chi connectivity index (χ4v) is 1.64. The number of nitrogens with zero attached hydrogens (tertiary/aromatic N) is 1. The molecule has 0 aliphatic heterocycles. The van der Waals surface area contributed by atoms with E-state index < -0.39 is 0 Å². The molecule has 1 rings (SSSR count). The van der Waals surface area contributed by atoms with Crippen LogP contribution in [0.1, 0.15) is 32.8 Å². The molecule has 1 unspecified atom stereocenters. The van der Waals surface area contributed by atoms with Gasteiger partial charge in [0.05, 0.1) is 0 Å². The summed E-state index contributed by atoms with van der Waals surface area (Å²) in [6, 6.07) is 7.23. The summed E-state index contributed by atoms with van der Waals surface area (Å²) in [6.07, 6.45) is 1.65. The highest BCUT2D eigenvalue weighted by Gasteiger charge is 2.03. The average Bonchev–Trinajstić information content (AvgIpc) is 2.41. The van der Waals surface area contributed by atoms with Crippen molar-refractivity contribution in [1.29, 1.82) is 0 Å². The molecule has 1 aromatic rings. The maximum Gasteiger partial charge on any atom is 0.191 e. The molecule has 0 spiro atoms. The van der Waals surface area contributed by atoms with E-state index in [0.29, 0.717) is 24.6 Å². The van der Waals surface area contributed by atoms with E-state index in [1.807, 2.05) is 13.0 Å². The summed E-state index contributed by atoms with van der Waals surface area (Å²) in [5.74, 6) is 0.644. The van der Waals surface area contributed by atoms with Crippen molar-refractivity contribution in [2.45, 2.75) is 39.7 Å². The molecule has 20 heavy (non-hydrogen) atoms. The lowest BCUT2D eigenvalue weighted by atomic mass is 10.1. The number of guanidine groups is 1. The summed E-state index contributed by atoms with van der Waals surface area (Å²) in [5.41, 5.74) is 0.714. The second-order valence-corrected chi connectivity index (χ2v) is 4.56. The second-order valence-electron chi connectivity index (χ2n) is 4.56. The Morgan fingerprint density at radius 1 is 1.30 bits per heavy atom. The molecular weight excluding hydrogens is 368 g/mol. The van der Waals surface area contributed by atoms with Crippen molar-refractivity contribution < 1.29 is 4.39 Å². The normalized spacial score (nSPS) is 12.5. The van der Waals surface area contributed by atoms with Gasteiger partial charge in [-0.25, -0.2) is 4.39 Å². The minimum atomic E-state index is -0.155. The van der Waals surface area contributed by atoms with Crippen molar-refractivity contribution in [1.82, 2.24) is 10.6 Å². The first-order valence-corrected chi connectivity index (χ1v) is 6.95. The Morgan fingerprint density at radius 2 is 2.00 bits per heavy atom. The molecule has 1 aromatic carbocycles. The first kappa shape index (κ1) is 19.1. The van der Waals surface area contributed by atoms with E-state index in [4.69, 9.17) is 0 Å². The van der Waals surface area contributed by atoms with Crippen LogP contribution in [0.5, 0.6) is 0 Å². The monoisotopic (exact) mass is 393 g/mol. The SMILES string of the molecule is CCNC(=NCCc1ccccc1F)NC(C)CC.I. The average molecular weight is 393 g/mol. The van der Waals surface area contributed by atoms with Crippen LogP contribution in [0, 0.1) is 5.82 Å². The number of nitrogens with one attached hydrogen (secondary N) is 2. The van der Waals surface area contributed by atoms with Crippen molar-refractivity contribution in [3.8, 4) is 0 Å². The van der Waals surface area contributed by atoms with Crippen LogP contribution in [-0.2, 0) is 6.42 Å². The van der Waals surface area contributed by atoms with Crippen LogP contribution in [0.4, 0.5) is 4.39 Å². The molecule has 0 radical (unpaired) electrons. The standard InChI is InChI=1S/C15H24FN3.HI/c1-4-12(3)19-15(17-5-2)18-11-10-13-8-6-7-9-14(13)16;/h6-9,12H,4-5,10-11H2,1-3H3,(H2,17,18,19);1H. The zero-order valence-electron chi connectivity index (χ0n) is 12.4. The van der Waals surface area contributed by atoms with Gasteiger partial charge in [0, 0.05) is 19.1 Å². The highest BCUT2D eigenvalue weighted by Crippen LogP contribution is 2.06. The maximum atomic E-state index is 13.4. The predicted molar refractivity (Wildman–Crippen MR) is 94.4 cm³/mol. The van der Waals surface area contributed by atoms with Crippen molar-refractivity contribution in [3.63, 3.8) is 0 Å². The number of aliphatic imine (C=N–C) groups is 1. The van der Waals surface area contributed by atoms with Gasteiger partial charge in [0.15, 0.2) is 5.96 Å². The van der Waals surface area contributed by atoms with Gasteiger partial charge in [-0.2, -0.15) is 0 Å². The Morgan fingerprint density at radius 3 is 2.60 bits per heavy atom. The minimum Gasteiger partial charge on any atom is -0.357 e. The molecule has 0 saturated heterocycles. The third-order valence-electron chi connectivity index (χ3n) is 2.95. The highest BCUT2D eigenvalue weighted by atomic mass is 127. The van der Waals surface area contributed by atoms with E-state index in [-0.39, 0.29) is 29.8 Å². The second kappa shape index (κ2) is 10.9. The van der Waals surface area contributed by atoms with Crippen LogP contribution in [0.25, 0.3) is 0 Å². The fourth-order valence-electron chi connectivity index (χ4n) is 1.64. The summed E-state index contributed by atoms with van der Waals surface area (Å²) < 4.78 is 13.4. The Labute approximate surface area is 138 Å². The van der Waals surface area contributed by atoms with Gasteiger partial charge >= 0.3 is 0 Å². The summed E-state index contributed by atoms with van der Waals surface area (Å²) in [6.45, 7) is 7.67.